The van der Waals surface area contributed by atoms with Crippen molar-refractivity contribution in [1.82, 2.24) is 4.98 Å². The number of furan rings is 1. The van der Waals surface area contributed by atoms with Gasteiger partial charge in [-0.3, -0.25) is 9.11 Å². The molecule has 2 aromatic heterocycles. The summed E-state index contributed by atoms with van der Waals surface area (Å²) in [6.45, 7) is 1.67. The third-order valence-electron chi connectivity index (χ3n) is 5.02. The number of hydrogen-bond acceptors (Lipinski definition) is 6. The van der Waals surface area contributed by atoms with Crippen LogP contribution in [0.3, 0.4) is 0 Å². The highest BCUT2D eigenvalue weighted by Crippen LogP contribution is 2.47. The lowest BCUT2D eigenvalue weighted by Crippen LogP contribution is -2.11. The number of nitrogens with two attached hydrogens (primary N) is 1. The molecule has 1 aliphatic rings. The normalized spacial score (nSPS) is 18.1. The number of anilines is 1. The summed E-state index contributed by atoms with van der Waals surface area (Å²) in [5.74, 6) is 0.194. The lowest BCUT2D eigenvalue weighted by Gasteiger charge is -2.34. The molecule has 10 heteroatoms. The van der Waals surface area contributed by atoms with Gasteiger partial charge in [0.1, 0.15) is 11.9 Å². The number of ether oxygens (including phenoxy) is 1. The van der Waals surface area contributed by atoms with Gasteiger partial charge in [-0.1, -0.05) is 29.3 Å². The van der Waals surface area contributed by atoms with Gasteiger partial charge in [0.15, 0.2) is 11.4 Å². The van der Waals surface area contributed by atoms with E-state index in [1.54, 1.807) is 25.5 Å². The van der Waals surface area contributed by atoms with E-state index in [1.165, 1.54) is 12.1 Å². The molecule has 0 amide bonds. The minimum Gasteiger partial charge on any atom is -0.478 e. The average molecular weight is 473 g/mol. The van der Waals surface area contributed by atoms with Crippen molar-refractivity contribution in [1.29, 1.82) is 0 Å². The molecule has 4 rings (SSSR count). The Morgan fingerprint density at radius 3 is 2.80 bits per heavy atom. The maximum Gasteiger partial charge on any atom is 0.205 e. The Bertz CT molecular complexity index is 1170. The summed E-state index contributed by atoms with van der Waals surface area (Å²) in [5, 5.41) is 0.812. The monoisotopic (exact) mass is 472 g/mol. The number of nitrogens with zero attached hydrogens (tertiary/aromatic N) is 1. The van der Waals surface area contributed by atoms with E-state index in [2.05, 4.69) is 4.98 Å². The van der Waals surface area contributed by atoms with E-state index in [4.69, 9.17) is 38.1 Å². The maximum atomic E-state index is 13.9. The van der Waals surface area contributed by atoms with Crippen molar-refractivity contribution in [3.05, 3.63) is 57.7 Å². The van der Waals surface area contributed by atoms with Crippen molar-refractivity contribution in [2.75, 3.05) is 17.2 Å². The molecular formula is C20H19Cl2FN2O4S. The molecule has 0 saturated carbocycles. The van der Waals surface area contributed by atoms with E-state index in [-0.39, 0.29) is 27.4 Å². The Morgan fingerprint density at radius 1 is 1.33 bits per heavy atom. The van der Waals surface area contributed by atoms with E-state index < -0.39 is 22.5 Å². The van der Waals surface area contributed by atoms with Gasteiger partial charge in [0.2, 0.25) is 5.75 Å². The molecular weight excluding hydrogens is 454 g/mol. The topological polar surface area (TPSA) is 102 Å². The van der Waals surface area contributed by atoms with E-state index in [0.29, 0.717) is 28.7 Å². The molecule has 0 aliphatic carbocycles. The van der Waals surface area contributed by atoms with Crippen molar-refractivity contribution in [2.24, 2.45) is 0 Å². The summed E-state index contributed by atoms with van der Waals surface area (Å²) < 4.78 is 45.3. The molecule has 1 atom stereocenters. The van der Waals surface area contributed by atoms with Crippen LogP contribution in [0.2, 0.25) is 10.0 Å². The SMILES string of the molecule is C[C@@H](Oc1c(N)ncc2c(C3=CCS(O)(O)CC3)coc12)c1c(Cl)ccc(F)c1Cl. The Morgan fingerprint density at radius 2 is 2.10 bits per heavy atom. The van der Waals surface area contributed by atoms with Gasteiger partial charge < -0.3 is 14.9 Å². The van der Waals surface area contributed by atoms with Gasteiger partial charge in [-0.05, 0) is 31.1 Å². The van der Waals surface area contributed by atoms with Crippen LogP contribution in [0.1, 0.15) is 30.6 Å². The van der Waals surface area contributed by atoms with Crippen LogP contribution in [-0.4, -0.2) is 25.6 Å². The maximum absolute atomic E-state index is 13.9. The molecule has 0 unspecified atom stereocenters. The Balaban J connectivity index is 1.72. The van der Waals surface area contributed by atoms with Crippen LogP contribution in [-0.2, 0) is 0 Å². The van der Waals surface area contributed by atoms with Gasteiger partial charge in [0, 0.05) is 28.1 Å². The van der Waals surface area contributed by atoms with Crippen molar-refractivity contribution in [3.63, 3.8) is 0 Å². The highest BCUT2D eigenvalue weighted by atomic mass is 35.5. The van der Waals surface area contributed by atoms with Crippen molar-refractivity contribution < 1.29 is 22.6 Å². The molecule has 30 heavy (non-hydrogen) atoms. The molecule has 1 aromatic carbocycles. The lowest BCUT2D eigenvalue weighted by atomic mass is 10.0. The predicted octanol–water partition coefficient (Wildman–Crippen LogP) is 6.53. The number of benzene rings is 1. The number of aromatic nitrogens is 1. The fourth-order valence-corrected chi connectivity index (χ4v) is 5.29. The summed E-state index contributed by atoms with van der Waals surface area (Å²) in [6, 6.07) is 2.59. The molecule has 3 heterocycles. The molecule has 1 aliphatic heterocycles. The first-order valence-corrected chi connectivity index (χ1v) is 11.7. The van der Waals surface area contributed by atoms with Crippen molar-refractivity contribution in [3.8, 4) is 5.75 Å². The number of allylic oxidation sites excluding steroid dienone is 1. The lowest BCUT2D eigenvalue weighted by molar-refractivity contribution is 0.227. The molecule has 160 valence electrons. The molecule has 6 nitrogen and oxygen atoms in total. The summed E-state index contributed by atoms with van der Waals surface area (Å²) in [5.41, 5.74) is 8.42. The second-order valence-corrected chi connectivity index (χ2v) is 10.2. The number of nitrogen functional groups attached to an aromatic ring is 1. The smallest absolute Gasteiger partial charge is 0.205 e. The second-order valence-electron chi connectivity index (χ2n) is 7.03. The number of hydrogen-bond donors (Lipinski definition) is 3. The third-order valence-corrected chi connectivity index (χ3v) is 7.29. The zero-order valence-corrected chi connectivity index (χ0v) is 18.2. The fourth-order valence-electron chi connectivity index (χ4n) is 3.43. The van der Waals surface area contributed by atoms with E-state index in [1.807, 2.05) is 0 Å². The molecule has 3 aromatic rings. The predicted molar refractivity (Wildman–Crippen MR) is 119 cm³/mol. The fraction of sp³-hybridized carbons (Fsp3) is 0.250. The van der Waals surface area contributed by atoms with Crippen LogP contribution in [0, 0.1) is 5.82 Å². The third kappa shape index (κ3) is 3.86. The van der Waals surface area contributed by atoms with Crippen LogP contribution < -0.4 is 10.5 Å². The van der Waals surface area contributed by atoms with Crippen LogP contribution in [0.4, 0.5) is 10.2 Å². The molecule has 0 spiro atoms. The van der Waals surface area contributed by atoms with E-state index in [0.717, 1.165) is 11.1 Å². The highest BCUT2D eigenvalue weighted by molar-refractivity contribution is 8.24. The Labute approximate surface area is 183 Å². The Kier molecular flexibility index (Phi) is 5.63. The van der Waals surface area contributed by atoms with Crippen LogP contribution >= 0.6 is 33.8 Å². The van der Waals surface area contributed by atoms with Gasteiger partial charge in [-0.25, -0.2) is 9.37 Å². The highest BCUT2D eigenvalue weighted by Gasteiger charge is 2.25. The van der Waals surface area contributed by atoms with Crippen LogP contribution in [0.5, 0.6) is 5.75 Å². The quantitative estimate of drug-likeness (QED) is 0.372. The minimum absolute atomic E-state index is 0.102. The number of fused-ring (bicyclic) bond motifs is 1. The van der Waals surface area contributed by atoms with Gasteiger partial charge in [0.05, 0.1) is 22.4 Å². The number of pyridine rings is 1. The van der Waals surface area contributed by atoms with Gasteiger partial charge >= 0.3 is 0 Å². The van der Waals surface area contributed by atoms with Gasteiger partial charge in [-0.15, -0.1) is 0 Å². The number of halogens is 3. The van der Waals surface area contributed by atoms with Crippen molar-refractivity contribution >= 4 is 56.2 Å². The first kappa shape index (κ1) is 21.3. The van der Waals surface area contributed by atoms with Crippen molar-refractivity contribution in [2.45, 2.75) is 19.4 Å². The second kappa shape index (κ2) is 7.94. The zero-order chi connectivity index (χ0) is 21.6. The molecule has 4 N–H and O–H groups in total. The molecule has 0 bridgehead atoms. The first-order valence-electron chi connectivity index (χ1n) is 9.06. The summed E-state index contributed by atoms with van der Waals surface area (Å²) in [4.78, 5) is 4.20. The zero-order valence-electron chi connectivity index (χ0n) is 15.9. The largest absolute Gasteiger partial charge is 0.478 e. The standard InChI is InChI=1S/C20H19Cl2FN2O4S/c1-10(16-14(21)2-3-15(23)17(16)22)29-19-18-12(8-25-20(19)24)13(9-28-18)11-4-6-30(26,27)7-5-11/h2-4,8-10,26-27H,5-7H2,1H3,(H2,24,25)/t10-/m1/s1. The van der Waals surface area contributed by atoms with E-state index >= 15 is 0 Å². The van der Waals surface area contributed by atoms with E-state index in [9.17, 15) is 13.5 Å². The first-order chi connectivity index (χ1) is 14.2. The molecule has 0 radical (unpaired) electrons. The number of rotatable bonds is 4. The molecule has 0 fully saturated rings. The van der Waals surface area contributed by atoms with Crippen LogP contribution in [0.25, 0.3) is 16.5 Å². The average Bonchev–Trinajstić information content (AvgIpc) is 3.11. The molecule has 0 saturated heterocycles. The summed E-state index contributed by atoms with van der Waals surface area (Å²) in [7, 11) is -2.56. The summed E-state index contributed by atoms with van der Waals surface area (Å²) in [6.07, 6.45) is 4.72. The van der Waals surface area contributed by atoms with Gasteiger partial charge in [-0.2, -0.15) is 10.6 Å². The van der Waals surface area contributed by atoms with Crippen LogP contribution in [0.15, 0.2) is 35.1 Å². The minimum atomic E-state index is -2.56. The Hall–Kier alpha value is -1.97. The van der Waals surface area contributed by atoms with Gasteiger partial charge in [0.25, 0.3) is 0 Å². The summed E-state index contributed by atoms with van der Waals surface area (Å²) >= 11 is 12.3.